The average Bonchev–Trinajstić information content (AvgIpc) is 3.65. The van der Waals surface area contributed by atoms with Gasteiger partial charge >= 0.3 is 0 Å². The van der Waals surface area contributed by atoms with Crippen LogP contribution in [0.2, 0.25) is 0 Å². The number of ketones is 1. The number of nitrogens with zero attached hydrogens (tertiary/aromatic N) is 5. The fraction of sp³-hybridized carbons (Fsp3) is 0.268. The van der Waals surface area contributed by atoms with Gasteiger partial charge in [-0.15, -0.1) is 22.7 Å². The highest BCUT2D eigenvalue weighted by Gasteiger charge is 2.41. The first-order chi connectivity index (χ1) is 25.6. The topological polar surface area (TPSA) is 133 Å². The highest BCUT2D eigenvalue weighted by atomic mass is 32.1. The minimum atomic E-state index is -0.322. The monoisotopic (exact) mass is 723 g/mol. The molecule has 2 saturated carbocycles. The summed E-state index contributed by atoms with van der Waals surface area (Å²) in [6.07, 6.45) is 15.4. The molecule has 0 saturated heterocycles. The van der Waals surface area contributed by atoms with Crippen LogP contribution in [-0.4, -0.2) is 47.1 Å². The molecular formula is C41H37N7O2S2. The van der Waals surface area contributed by atoms with Gasteiger partial charge in [0.2, 0.25) is 0 Å². The second-order valence-corrected chi connectivity index (χ2v) is 15.6. The molecule has 6 aromatic rings. The first-order valence-electron chi connectivity index (χ1n) is 17.8. The first kappa shape index (κ1) is 32.6. The number of aromatic amines is 2. The number of oxime groups is 1. The summed E-state index contributed by atoms with van der Waals surface area (Å²) >= 11 is 3.22. The van der Waals surface area contributed by atoms with Crippen molar-refractivity contribution in [3.8, 4) is 0 Å². The van der Waals surface area contributed by atoms with E-state index in [-0.39, 0.29) is 22.5 Å². The van der Waals surface area contributed by atoms with Gasteiger partial charge in [-0.1, -0.05) is 96.5 Å². The smallest absolute Gasteiger partial charge is 0.186 e. The molecule has 52 heavy (non-hydrogen) atoms. The van der Waals surface area contributed by atoms with Crippen molar-refractivity contribution in [1.82, 2.24) is 30.4 Å². The van der Waals surface area contributed by atoms with Gasteiger partial charge in [-0.3, -0.25) is 15.0 Å². The lowest BCUT2D eigenvalue weighted by Gasteiger charge is -2.32. The number of H-pyrrole nitrogens is 2. The predicted octanol–water partition coefficient (Wildman–Crippen LogP) is 8.41. The maximum absolute atomic E-state index is 12.7. The molecule has 9 nitrogen and oxygen atoms in total. The van der Waals surface area contributed by atoms with E-state index in [1.165, 1.54) is 11.1 Å². The van der Waals surface area contributed by atoms with Crippen molar-refractivity contribution in [3.63, 3.8) is 0 Å². The Morgan fingerprint density at radius 3 is 1.67 bits per heavy atom. The van der Waals surface area contributed by atoms with Crippen LogP contribution in [0.5, 0.6) is 0 Å². The summed E-state index contributed by atoms with van der Waals surface area (Å²) in [7, 11) is 0. The summed E-state index contributed by atoms with van der Waals surface area (Å²) in [5.74, 6) is 0.689. The van der Waals surface area contributed by atoms with Gasteiger partial charge < -0.3 is 5.21 Å². The van der Waals surface area contributed by atoms with Crippen molar-refractivity contribution in [2.24, 2.45) is 17.0 Å². The molecule has 11 heteroatoms. The molecule has 0 amide bonds. The molecule has 0 bridgehead atoms. The molecule has 4 heterocycles. The van der Waals surface area contributed by atoms with E-state index in [0.29, 0.717) is 17.3 Å². The summed E-state index contributed by atoms with van der Waals surface area (Å²) in [6, 6.07) is 20.9. The van der Waals surface area contributed by atoms with Crippen molar-refractivity contribution < 1.29 is 10.0 Å². The number of hydrogen-bond acceptors (Lipinski definition) is 9. The second kappa shape index (κ2) is 13.4. The number of carbonyl (C=O) groups excluding carboxylic acids is 1. The minimum absolute atomic E-state index is 0.162. The molecule has 2 atom stereocenters. The number of rotatable bonds is 8. The molecule has 0 aliphatic heterocycles. The summed E-state index contributed by atoms with van der Waals surface area (Å²) in [5.41, 5.74) is 13.8. The number of nitrogens with one attached hydrogen (secondary N) is 2. The molecule has 2 unspecified atom stereocenters. The quantitative estimate of drug-likeness (QED) is 0.0625. The molecule has 0 radical (unpaired) electrons. The van der Waals surface area contributed by atoms with Crippen LogP contribution in [0.1, 0.15) is 93.3 Å². The van der Waals surface area contributed by atoms with E-state index in [4.69, 9.17) is 0 Å². The van der Waals surface area contributed by atoms with Crippen molar-refractivity contribution in [2.45, 2.75) is 55.8 Å². The van der Waals surface area contributed by atoms with Crippen LogP contribution in [0, 0.1) is 11.8 Å². The lowest BCUT2D eigenvalue weighted by molar-refractivity contribution is 0.0849. The number of benzene rings is 2. The zero-order valence-corrected chi connectivity index (χ0v) is 30.0. The number of hydrogen-bond donors (Lipinski definition) is 3. The van der Waals surface area contributed by atoms with Crippen LogP contribution < -0.4 is 0 Å². The minimum Gasteiger partial charge on any atom is -0.411 e. The van der Waals surface area contributed by atoms with Crippen molar-refractivity contribution >= 4 is 46.3 Å². The van der Waals surface area contributed by atoms with Crippen LogP contribution in [0.15, 0.2) is 99.8 Å². The van der Waals surface area contributed by atoms with E-state index >= 15 is 0 Å². The number of fused-ring (bicyclic) bond motifs is 2. The number of allylic oxidation sites excluding steroid dienone is 2. The molecule has 3 N–H and O–H groups in total. The van der Waals surface area contributed by atoms with Crippen molar-refractivity contribution in [3.05, 3.63) is 151 Å². The maximum Gasteiger partial charge on any atom is 0.186 e. The Labute approximate surface area is 309 Å². The molecule has 260 valence electrons. The number of thiazole rings is 2. The first-order valence-corrected chi connectivity index (χ1v) is 19.7. The Morgan fingerprint density at radius 2 is 1.23 bits per heavy atom. The van der Waals surface area contributed by atoms with Gasteiger partial charge in [0.05, 0.1) is 33.2 Å². The third-order valence-corrected chi connectivity index (χ3v) is 12.3. The highest BCUT2D eigenvalue weighted by Crippen LogP contribution is 2.44. The van der Waals surface area contributed by atoms with E-state index in [2.05, 4.69) is 119 Å². The Kier molecular flexibility index (Phi) is 8.39. The third kappa shape index (κ3) is 5.59. The van der Waals surface area contributed by atoms with Gasteiger partial charge in [-0.25, -0.2) is 9.97 Å². The number of aromatic nitrogens is 6. The van der Waals surface area contributed by atoms with E-state index < -0.39 is 0 Å². The van der Waals surface area contributed by atoms with Gasteiger partial charge in [0.25, 0.3) is 0 Å². The van der Waals surface area contributed by atoms with Gasteiger partial charge in [-0.05, 0) is 36.8 Å². The highest BCUT2D eigenvalue weighted by molar-refractivity contribution is 7.07. The molecular weight excluding hydrogens is 687 g/mol. The van der Waals surface area contributed by atoms with Gasteiger partial charge in [0.15, 0.2) is 5.78 Å². The van der Waals surface area contributed by atoms with Crippen LogP contribution in [0.25, 0.3) is 12.2 Å². The zero-order valence-electron chi connectivity index (χ0n) is 28.4. The summed E-state index contributed by atoms with van der Waals surface area (Å²) in [4.78, 5) is 21.9. The lowest BCUT2D eigenvalue weighted by atomic mass is 9.70. The maximum atomic E-state index is 12.7. The van der Waals surface area contributed by atoms with E-state index in [0.717, 1.165) is 84.5 Å². The Morgan fingerprint density at radius 1 is 0.712 bits per heavy atom. The number of carbonyl (C=O) groups is 1. The predicted molar refractivity (Wildman–Crippen MR) is 204 cm³/mol. The van der Waals surface area contributed by atoms with E-state index in [9.17, 15) is 10.0 Å². The van der Waals surface area contributed by atoms with Crippen LogP contribution >= 0.6 is 22.7 Å². The normalized spacial score (nSPS) is 22.2. The molecule has 2 fully saturated rings. The third-order valence-electron chi connectivity index (χ3n) is 11.1. The molecule has 4 aromatic heterocycles. The summed E-state index contributed by atoms with van der Waals surface area (Å²) in [5, 5.41) is 32.4. The van der Waals surface area contributed by atoms with Crippen molar-refractivity contribution in [2.75, 3.05) is 0 Å². The SMILES string of the molecule is O=C(c1n[nH]c2c1C=CC(c1ccccc1)(c1cscn1)C2)C1CCC1.ON=C(c1n[nH]c2c1C=CC(c1ccccc1)(c1cscn1)C2)C1CC1. The fourth-order valence-corrected chi connectivity index (χ4v) is 9.11. The Balaban J connectivity index is 0.000000138. The number of Topliss-reactive ketones (excluding diaryl/α,β-unsaturated/α-hetero) is 1. The zero-order chi connectivity index (χ0) is 35.1. The van der Waals surface area contributed by atoms with Crippen LogP contribution in [-0.2, 0) is 23.7 Å². The standard InChI is InChI=1S/C21H19N3OS.C20H18N4OS/c25-20(14-5-4-6-14)19-16-9-10-21(11-17(16)23-24-19,18-12-26-13-22-18)15-7-2-1-3-8-15;25-24-18(13-6-7-13)19-15-8-9-20(10-16(15)22-23-19,17-11-26-12-21-17)14-4-2-1-3-5-14/h1-3,7-10,12-14H,4-6,11H2,(H,23,24);1-5,8-9,11-13,25H,6-7,10H2,(H,22,23). The Hall–Kier alpha value is -5.26. The molecule has 2 aromatic carbocycles. The Bertz CT molecular complexity index is 2280. The van der Waals surface area contributed by atoms with E-state index in [1.54, 1.807) is 22.7 Å². The van der Waals surface area contributed by atoms with Gasteiger partial charge in [0, 0.05) is 58.0 Å². The fourth-order valence-electron chi connectivity index (χ4n) is 7.84. The largest absolute Gasteiger partial charge is 0.411 e. The average molecular weight is 724 g/mol. The van der Waals surface area contributed by atoms with Crippen LogP contribution in [0.3, 0.4) is 0 Å². The van der Waals surface area contributed by atoms with Gasteiger partial charge in [-0.2, -0.15) is 10.2 Å². The van der Waals surface area contributed by atoms with Crippen molar-refractivity contribution in [1.29, 1.82) is 0 Å². The second-order valence-electron chi connectivity index (χ2n) is 14.1. The summed E-state index contributed by atoms with van der Waals surface area (Å²) in [6.45, 7) is 0. The van der Waals surface area contributed by atoms with E-state index in [1.807, 2.05) is 23.2 Å². The molecule has 10 rings (SSSR count). The van der Waals surface area contributed by atoms with Crippen LogP contribution in [0.4, 0.5) is 0 Å². The summed E-state index contributed by atoms with van der Waals surface area (Å²) < 4.78 is 0. The molecule has 0 spiro atoms. The van der Waals surface area contributed by atoms with Gasteiger partial charge in [0.1, 0.15) is 17.1 Å². The molecule has 4 aliphatic carbocycles. The lowest BCUT2D eigenvalue weighted by Crippen LogP contribution is -2.31. The molecule has 4 aliphatic rings.